The number of hydrogen-bond donors (Lipinski definition) is 0. The number of nitrogens with zero attached hydrogens (tertiary/aromatic N) is 5. The Kier molecular flexibility index (Phi) is 5.64. The predicted molar refractivity (Wildman–Crippen MR) is 132 cm³/mol. The van der Waals surface area contributed by atoms with E-state index in [0.717, 1.165) is 22.5 Å². The van der Waals surface area contributed by atoms with Crippen molar-refractivity contribution in [1.82, 2.24) is 19.5 Å². The average Bonchev–Trinajstić information content (AvgIpc) is 3.39. The standard InChI is InChI=1S/C27H24FN5O2/c1-16-14-32(15-30-16)24-10-5-19(12-25(24)35-4)11-22-23-13-29-18(3)31-26(23)33(27(22)34)17(2)20-6-8-21(28)9-7-20/h5-15,17H,1-4H3/b22-11+. The fourth-order valence-corrected chi connectivity index (χ4v) is 4.28. The molecule has 0 saturated heterocycles. The van der Waals surface area contributed by atoms with Gasteiger partial charge in [-0.3, -0.25) is 9.69 Å². The second kappa shape index (κ2) is 8.79. The summed E-state index contributed by atoms with van der Waals surface area (Å²) in [5.41, 5.74) is 4.50. The summed E-state index contributed by atoms with van der Waals surface area (Å²) in [5.74, 6) is 1.25. The van der Waals surface area contributed by atoms with Crippen LogP contribution in [0.5, 0.6) is 5.75 Å². The van der Waals surface area contributed by atoms with E-state index >= 15 is 0 Å². The summed E-state index contributed by atoms with van der Waals surface area (Å²) in [6.07, 6.45) is 7.15. The number of carbonyl (C=O) groups is 1. The molecule has 7 nitrogen and oxygen atoms in total. The van der Waals surface area contributed by atoms with Crippen molar-refractivity contribution in [3.8, 4) is 11.4 Å². The van der Waals surface area contributed by atoms with Crippen molar-refractivity contribution in [2.24, 2.45) is 0 Å². The van der Waals surface area contributed by atoms with Gasteiger partial charge in [0.1, 0.15) is 23.2 Å². The number of carbonyl (C=O) groups excluding carboxylic acids is 1. The lowest BCUT2D eigenvalue weighted by atomic mass is 10.1. The molecule has 0 radical (unpaired) electrons. The molecular weight excluding hydrogens is 445 g/mol. The largest absolute Gasteiger partial charge is 0.495 e. The molecule has 3 heterocycles. The number of imidazole rings is 1. The van der Waals surface area contributed by atoms with E-state index in [0.29, 0.717) is 28.5 Å². The number of ether oxygens (including phenoxy) is 1. The van der Waals surface area contributed by atoms with Gasteiger partial charge in [0.25, 0.3) is 5.91 Å². The van der Waals surface area contributed by atoms with Crippen LogP contribution in [0.15, 0.2) is 61.2 Å². The van der Waals surface area contributed by atoms with Gasteiger partial charge in [-0.05, 0) is 62.2 Å². The number of rotatable bonds is 5. The zero-order chi connectivity index (χ0) is 24.7. The van der Waals surface area contributed by atoms with Gasteiger partial charge in [0.15, 0.2) is 0 Å². The Bertz CT molecular complexity index is 1460. The first kappa shape index (κ1) is 22.5. The lowest BCUT2D eigenvalue weighted by Gasteiger charge is -2.24. The van der Waals surface area contributed by atoms with Crippen molar-refractivity contribution in [1.29, 1.82) is 0 Å². The maximum Gasteiger partial charge on any atom is 0.260 e. The molecule has 0 N–H and O–H groups in total. The molecule has 1 aliphatic rings. The van der Waals surface area contributed by atoms with Gasteiger partial charge >= 0.3 is 0 Å². The highest BCUT2D eigenvalue weighted by Crippen LogP contribution is 2.41. The SMILES string of the molecule is COc1cc(/C=C2/C(=O)N(C(C)c3ccc(F)cc3)c3nc(C)ncc32)ccc1-n1cnc(C)c1. The molecule has 1 amide bonds. The first-order valence-corrected chi connectivity index (χ1v) is 11.2. The third-order valence-corrected chi connectivity index (χ3v) is 6.10. The number of amides is 1. The topological polar surface area (TPSA) is 73.1 Å². The highest BCUT2D eigenvalue weighted by molar-refractivity contribution is 6.35. The van der Waals surface area contributed by atoms with Crippen molar-refractivity contribution in [3.05, 3.63) is 95.2 Å². The van der Waals surface area contributed by atoms with Gasteiger partial charge in [0.2, 0.25) is 0 Å². The molecule has 5 rings (SSSR count). The number of fused-ring (bicyclic) bond motifs is 1. The summed E-state index contributed by atoms with van der Waals surface area (Å²) in [4.78, 5) is 28.5. The van der Waals surface area contributed by atoms with Crippen LogP contribution < -0.4 is 9.64 Å². The third-order valence-electron chi connectivity index (χ3n) is 6.10. The number of anilines is 1. The average molecular weight is 470 g/mol. The zero-order valence-electron chi connectivity index (χ0n) is 19.9. The number of halogens is 1. The molecule has 0 spiro atoms. The molecule has 1 atom stereocenters. The van der Waals surface area contributed by atoms with E-state index in [1.165, 1.54) is 12.1 Å². The summed E-state index contributed by atoms with van der Waals surface area (Å²) in [6, 6.07) is 11.5. The second-order valence-corrected chi connectivity index (χ2v) is 8.47. The Morgan fingerprint density at radius 2 is 1.86 bits per heavy atom. The molecular formula is C27H24FN5O2. The predicted octanol–water partition coefficient (Wildman–Crippen LogP) is 5.08. The van der Waals surface area contributed by atoms with Gasteiger partial charge in [0, 0.05) is 18.0 Å². The molecule has 0 bridgehead atoms. The van der Waals surface area contributed by atoms with Crippen molar-refractivity contribution in [3.63, 3.8) is 0 Å². The lowest BCUT2D eigenvalue weighted by Crippen LogP contribution is -2.30. The monoisotopic (exact) mass is 469 g/mol. The summed E-state index contributed by atoms with van der Waals surface area (Å²) in [5, 5.41) is 0. The van der Waals surface area contributed by atoms with Crippen molar-refractivity contribution in [2.75, 3.05) is 12.0 Å². The summed E-state index contributed by atoms with van der Waals surface area (Å²) in [7, 11) is 1.61. The first-order valence-electron chi connectivity index (χ1n) is 11.2. The quantitative estimate of drug-likeness (QED) is 0.382. The molecule has 2 aromatic heterocycles. The Morgan fingerprint density at radius 1 is 1.09 bits per heavy atom. The van der Waals surface area contributed by atoms with Crippen LogP contribution in [0.25, 0.3) is 17.3 Å². The Balaban J connectivity index is 1.57. The van der Waals surface area contributed by atoms with Crippen molar-refractivity contribution >= 4 is 23.4 Å². The van der Waals surface area contributed by atoms with E-state index in [-0.39, 0.29) is 17.8 Å². The third kappa shape index (κ3) is 4.07. The van der Waals surface area contributed by atoms with E-state index in [1.54, 1.807) is 43.6 Å². The first-order chi connectivity index (χ1) is 16.9. The number of benzene rings is 2. The van der Waals surface area contributed by atoms with Crippen LogP contribution in [0.4, 0.5) is 10.2 Å². The molecule has 4 aromatic rings. The second-order valence-electron chi connectivity index (χ2n) is 8.47. The summed E-state index contributed by atoms with van der Waals surface area (Å²) < 4.78 is 21.0. The number of methoxy groups -OCH3 is 1. The molecule has 1 aliphatic heterocycles. The molecule has 35 heavy (non-hydrogen) atoms. The summed E-state index contributed by atoms with van der Waals surface area (Å²) in [6.45, 7) is 5.61. The van der Waals surface area contributed by atoms with Crippen molar-refractivity contribution < 1.29 is 13.9 Å². The normalized spacial score (nSPS) is 14.9. The smallest absolute Gasteiger partial charge is 0.260 e. The molecule has 0 saturated carbocycles. The minimum atomic E-state index is -0.344. The molecule has 176 valence electrons. The maximum atomic E-state index is 13.7. The fraction of sp³-hybridized carbons (Fsp3) is 0.185. The number of aryl methyl sites for hydroxylation is 2. The number of aromatic nitrogens is 4. The van der Waals surface area contributed by atoms with E-state index in [4.69, 9.17) is 4.74 Å². The fourth-order valence-electron chi connectivity index (χ4n) is 4.28. The van der Waals surface area contributed by atoms with Crippen LogP contribution in [0, 0.1) is 19.7 Å². The van der Waals surface area contributed by atoms with Crippen LogP contribution in [0.1, 0.15) is 41.2 Å². The molecule has 8 heteroatoms. The van der Waals surface area contributed by atoms with Crippen LogP contribution in [0.3, 0.4) is 0 Å². The van der Waals surface area contributed by atoms with Crippen LogP contribution in [-0.2, 0) is 4.79 Å². The van der Waals surface area contributed by atoms with Gasteiger partial charge < -0.3 is 9.30 Å². The van der Waals surface area contributed by atoms with Gasteiger partial charge in [0.05, 0.1) is 36.4 Å². The highest BCUT2D eigenvalue weighted by Gasteiger charge is 2.37. The van der Waals surface area contributed by atoms with Crippen LogP contribution >= 0.6 is 0 Å². The van der Waals surface area contributed by atoms with E-state index in [1.807, 2.05) is 48.9 Å². The van der Waals surface area contributed by atoms with E-state index < -0.39 is 0 Å². The van der Waals surface area contributed by atoms with Gasteiger partial charge in [-0.25, -0.2) is 19.3 Å². The molecule has 0 aliphatic carbocycles. The van der Waals surface area contributed by atoms with Gasteiger partial charge in [-0.2, -0.15) is 0 Å². The number of hydrogen-bond acceptors (Lipinski definition) is 5. The minimum absolute atomic E-state index is 0.190. The lowest BCUT2D eigenvalue weighted by molar-refractivity contribution is -0.113. The Labute approximate surface area is 202 Å². The van der Waals surface area contributed by atoms with Crippen LogP contribution in [-0.4, -0.2) is 32.5 Å². The Morgan fingerprint density at radius 3 is 2.54 bits per heavy atom. The maximum absolute atomic E-state index is 13.7. The van der Waals surface area contributed by atoms with Crippen LogP contribution in [0.2, 0.25) is 0 Å². The molecule has 0 fully saturated rings. The minimum Gasteiger partial charge on any atom is -0.495 e. The van der Waals surface area contributed by atoms with Crippen molar-refractivity contribution in [2.45, 2.75) is 26.8 Å². The summed E-state index contributed by atoms with van der Waals surface area (Å²) >= 11 is 0. The molecule has 1 unspecified atom stereocenters. The zero-order valence-corrected chi connectivity index (χ0v) is 19.9. The van der Waals surface area contributed by atoms with Gasteiger partial charge in [-0.1, -0.05) is 18.2 Å². The Hall–Kier alpha value is -4.33. The van der Waals surface area contributed by atoms with E-state index in [2.05, 4.69) is 15.0 Å². The molecule has 2 aromatic carbocycles. The van der Waals surface area contributed by atoms with E-state index in [9.17, 15) is 9.18 Å². The van der Waals surface area contributed by atoms with Gasteiger partial charge in [-0.15, -0.1) is 0 Å². The highest BCUT2D eigenvalue weighted by atomic mass is 19.1.